The van der Waals surface area contributed by atoms with E-state index in [1.54, 1.807) is 6.20 Å². The quantitative estimate of drug-likeness (QED) is 0.946. The highest BCUT2D eigenvalue weighted by Gasteiger charge is 2.25. The molecule has 0 saturated carbocycles. The van der Waals surface area contributed by atoms with Gasteiger partial charge in [0, 0.05) is 28.5 Å². The summed E-state index contributed by atoms with van der Waals surface area (Å²) >= 11 is 3.55. The molecule has 2 rings (SSSR count). The summed E-state index contributed by atoms with van der Waals surface area (Å²) in [5, 5.41) is 11.7. The Balaban J connectivity index is 2.62. The first-order chi connectivity index (χ1) is 8.47. The van der Waals surface area contributed by atoms with Gasteiger partial charge in [-0.25, -0.2) is 4.98 Å². The van der Waals surface area contributed by atoms with E-state index in [1.807, 2.05) is 50.1 Å². The minimum Gasteiger partial charge on any atom is -0.394 e. The van der Waals surface area contributed by atoms with E-state index in [9.17, 15) is 5.11 Å². The van der Waals surface area contributed by atoms with E-state index in [0.29, 0.717) is 0 Å². The lowest BCUT2D eigenvalue weighted by atomic mass is 10.0. The Morgan fingerprint density at radius 2 is 2.00 bits per heavy atom. The van der Waals surface area contributed by atoms with Crippen molar-refractivity contribution in [2.45, 2.75) is 19.4 Å². The second-order valence-corrected chi connectivity index (χ2v) is 5.85. The van der Waals surface area contributed by atoms with E-state index in [0.717, 1.165) is 21.1 Å². The SMILES string of the molecule is CN(c1nccc2c(Br)cccc12)C(C)(C)CO. The Kier molecular flexibility index (Phi) is 3.59. The van der Waals surface area contributed by atoms with Crippen LogP contribution in [0, 0.1) is 0 Å². The number of hydrogen-bond acceptors (Lipinski definition) is 3. The summed E-state index contributed by atoms with van der Waals surface area (Å²) in [6, 6.07) is 8.05. The highest BCUT2D eigenvalue weighted by Crippen LogP contribution is 2.31. The third-order valence-corrected chi connectivity index (χ3v) is 4.04. The van der Waals surface area contributed by atoms with Crippen LogP contribution in [0.2, 0.25) is 0 Å². The van der Waals surface area contributed by atoms with Crippen molar-refractivity contribution in [1.82, 2.24) is 4.98 Å². The van der Waals surface area contributed by atoms with Gasteiger partial charge in [0.05, 0.1) is 12.1 Å². The third kappa shape index (κ3) is 2.22. The molecule has 0 aliphatic heterocycles. The molecule has 3 nitrogen and oxygen atoms in total. The van der Waals surface area contributed by atoms with E-state index in [2.05, 4.69) is 20.9 Å². The topological polar surface area (TPSA) is 36.4 Å². The molecular weight excluding hydrogens is 292 g/mol. The van der Waals surface area contributed by atoms with Gasteiger partial charge in [-0.15, -0.1) is 0 Å². The number of aliphatic hydroxyl groups excluding tert-OH is 1. The van der Waals surface area contributed by atoms with Gasteiger partial charge in [0.1, 0.15) is 5.82 Å². The molecule has 4 heteroatoms. The van der Waals surface area contributed by atoms with Crippen molar-refractivity contribution in [3.05, 3.63) is 34.9 Å². The van der Waals surface area contributed by atoms with Crippen LogP contribution >= 0.6 is 15.9 Å². The Morgan fingerprint density at radius 1 is 1.28 bits per heavy atom. The molecule has 0 spiro atoms. The molecule has 0 aliphatic rings. The van der Waals surface area contributed by atoms with Crippen molar-refractivity contribution in [2.24, 2.45) is 0 Å². The van der Waals surface area contributed by atoms with E-state index in [1.165, 1.54) is 0 Å². The van der Waals surface area contributed by atoms with Crippen LogP contribution in [0.1, 0.15) is 13.8 Å². The molecule has 0 unspecified atom stereocenters. The standard InChI is InChI=1S/C14H17BrN2O/c1-14(2,9-18)17(3)13-11-5-4-6-12(15)10(11)7-8-16-13/h4-8,18H,9H2,1-3H3. The molecule has 0 aliphatic carbocycles. The summed E-state index contributed by atoms with van der Waals surface area (Å²) in [7, 11) is 1.96. The first-order valence-electron chi connectivity index (χ1n) is 5.85. The zero-order chi connectivity index (χ0) is 13.3. The van der Waals surface area contributed by atoms with Crippen LogP contribution < -0.4 is 4.90 Å². The highest BCUT2D eigenvalue weighted by molar-refractivity contribution is 9.10. The van der Waals surface area contributed by atoms with E-state index >= 15 is 0 Å². The lowest BCUT2D eigenvalue weighted by molar-refractivity contribution is 0.216. The monoisotopic (exact) mass is 308 g/mol. The van der Waals surface area contributed by atoms with Crippen molar-refractivity contribution >= 4 is 32.5 Å². The van der Waals surface area contributed by atoms with Crippen molar-refractivity contribution in [3.63, 3.8) is 0 Å². The summed E-state index contributed by atoms with van der Waals surface area (Å²) < 4.78 is 1.05. The zero-order valence-electron chi connectivity index (χ0n) is 10.8. The fourth-order valence-corrected chi connectivity index (χ4v) is 2.31. The van der Waals surface area contributed by atoms with Crippen LogP contribution in [-0.2, 0) is 0 Å². The summed E-state index contributed by atoms with van der Waals surface area (Å²) in [6.45, 7) is 4.06. The van der Waals surface area contributed by atoms with Crippen molar-refractivity contribution in [3.8, 4) is 0 Å². The van der Waals surface area contributed by atoms with Gasteiger partial charge < -0.3 is 10.0 Å². The van der Waals surface area contributed by atoms with Gasteiger partial charge in [-0.3, -0.25) is 0 Å². The molecule has 1 aromatic carbocycles. The highest BCUT2D eigenvalue weighted by atomic mass is 79.9. The molecule has 0 fully saturated rings. The van der Waals surface area contributed by atoms with E-state index in [4.69, 9.17) is 0 Å². The fourth-order valence-electron chi connectivity index (χ4n) is 1.81. The second-order valence-electron chi connectivity index (χ2n) is 5.00. The van der Waals surface area contributed by atoms with Gasteiger partial charge in [0.2, 0.25) is 0 Å². The number of anilines is 1. The van der Waals surface area contributed by atoms with Crippen molar-refractivity contribution in [1.29, 1.82) is 0 Å². The molecule has 1 N–H and O–H groups in total. The number of fused-ring (bicyclic) bond motifs is 1. The Morgan fingerprint density at radius 3 is 2.67 bits per heavy atom. The van der Waals surface area contributed by atoms with Crippen LogP contribution in [-0.4, -0.2) is 29.3 Å². The largest absolute Gasteiger partial charge is 0.394 e. The van der Waals surface area contributed by atoms with E-state index < -0.39 is 0 Å². The molecule has 2 aromatic rings. The molecule has 1 heterocycles. The number of aromatic nitrogens is 1. The molecule has 0 saturated heterocycles. The van der Waals surface area contributed by atoms with Crippen LogP contribution in [0.4, 0.5) is 5.82 Å². The number of rotatable bonds is 3. The van der Waals surface area contributed by atoms with Crippen molar-refractivity contribution in [2.75, 3.05) is 18.6 Å². The summed E-state index contributed by atoms with van der Waals surface area (Å²) in [4.78, 5) is 6.47. The minimum atomic E-state index is -0.344. The molecule has 96 valence electrons. The second kappa shape index (κ2) is 4.86. The molecule has 0 radical (unpaired) electrons. The smallest absolute Gasteiger partial charge is 0.136 e. The van der Waals surface area contributed by atoms with Gasteiger partial charge in [-0.2, -0.15) is 0 Å². The fraction of sp³-hybridized carbons (Fsp3) is 0.357. The number of benzene rings is 1. The number of halogens is 1. The predicted molar refractivity (Wildman–Crippen MR) is 79.0 cm³/mol. The number of aliphatic hydroxyl groups is 1. The Hall–Kier alpha value is -1.13. The maximum absolute atomic E-state index is 9.47. The van der Waals surface area contributed by atoms with Gasteiger partial charge >= 0.3 is 0 Å². The first-order valence-corrected chi connectivity index (χ1v) is 6.64. The van der Waals surface area contributed by atoms with Gasteiger partial charge in [0.25, 0.3) is 0 Å². The summed E-state index contributed by atoms with van der Waals surface area (Å²) in [6.07, 6.45) is 1.80. The van der Waals surface area contributed by atoms with Gasteiger partial charge in [-0.1, -0.05) is 28.1 Å². The molecule has 1 aromatic heterocycles. The lowest BCUT2D eigenvalue weighted by Gasteiger charge is -2.35. The van der Waals surface area contributed by atoms with Crippen LogP contribution in [0.5, 0.6) is 0 Å². The molecular formula is C14H17BrN2O. The normalized spacial score (nSPS) is 11.8. The molecule has 0 bridgehead atoms. The number of hydrogen-bond donors (Lipinski definition) is 1. The van der Waals surface area contributed by atoms with Gasteiger partial charge in [-0.05, 0) is 26.0 Å². The number of likely N-dealkylation sites (N-methyl/N-ethyl adjacent to an activating group) is 1. The first kappa shape index (κ1) is 13.3. The Bertz CT molecular complexity index is 569. The summed E-state index contributed by atoms with van der Waals surface area (Å²) in [5.74, 6) is 0.882. The van der Waals surface area contributed by atoms with Crippen molar-refractivity contribution < 1.29 is 5.11 Å². The van der Waals surface area contributed by atoms with E-state index in [-0.39, 0.29) is 12.1 Å². The van der Waals surface area contributed by atoms with Gasteiger partial charge in [0.15, 0.2) is 0 Å². The number of nitrogens with zero attached hydrogens (tertiary/aromatic N) is 2. The molecule has 18 heavy (non-hydrogen) atoms. The van der Waals surface area contributed by atoms with Crippen LogP contribution in [0.25, 0.3) is 10.8 Å². The maximum atomic E-state index is 9.47. The van der Waals surface area contributed by atoms with Crippen LogP contribution in [0.15, 0.2) is 34.9 Å². The summed E-state index contributed by atoms with van der Waals surface area (Å²) in [5.41, 5.74) is -0.344. The average molecular weight is 309 g/mol. The minimum absolute atomic E-state index is 0.0789. The Labute approximate surface area is 116 Å². The maximum Gasteiger partial charge on any atom is 0.136 e. The average Bonchev–Trinajstić information content (AvgIpc) is 2.38. The third-order valence-electron chi connectivity index (χ3n) is 3.34. The predicted octanol–water partition coefficient (Wildman–Crippen LogP) is 3.20. The lowest BCUT2D eigenvalue weighted by Crippen LogP contribution is -2.44. The zero-order valence-corrected chi connectivity index (χ0v) is 12.4. The van der Waals surface area contributed by atoms with Crippen LogP contribution in [0.3, 0.4) is 0 Å². The molecule has 0 amide bonds. The number of pyridine rings is 1. The molecule has 0 atom stereocenters.